The predicted octanol–water partition coefficient (Wildman–Crippen LogP) is 4.45. The Balaban J connectivity index is 2.01. The van der Waals surface area contributed by atoms with Crippen LogP contribution in [0.5, 0.6) is 0 Å². The molecular formula is C18H12N2. The Bertz CT molecular complexity index is 908. The first-order valence-corrected chi connectivity index (χ1v) is 6.60. The van der Waals surface area contributed by atoms with Crippen LogP contribution >= 0.6 is 0 Å². The van der Waals surface area contributed by atoms with E-state index in [4.69, 9.17) is 0 Å². The van der Waals surface area contributed by atoms with E-state index in [1.165, 1.54) is 5.39 Å². The average molecular weight is 256 g/mol. The first-order chi connectivity index (χ1) is 9.92. The minimum atomic E-state index is 1.01. The molecule has 20 heavy (non-hydrogen) atoms. The second kappa shape index (κ2) is 4.42. The van der Waals surface area contributed by atoms with Crippen LogP contribution in [0.1, 0.15) is 0 Å². The number of benzene rings is 2. The van der Waals surface area contributed by atoms with Crippen molar-refractivity contribution in [2.24, 2.45) is 0 Å². The lowest BCUT2D eigenvalue weighted by Crippen LogP contribution is -1.85. The fraction of sp³-hybridized carbons (Fsp3) is 0. The van der Waals surface area contributed by atoms with E-state index >= 15 is 0 Å². The Hall–Kier alpha value is -2.74. The lowest BCUT2D eigenvalue weighted by molar-refractivity contribution is 1.36. The molecule has 0 radical (unpaired) electrons. The summed E-state index contributed by atoms with van der Waals surface area (Å²) in [6.07, 6.45) is 5.65. The molecule has 2 nitrogen and oxygen atoms in total. The molecule has 0 aliphatic rings. The number of fused-ring (bicyclic) bond motifs is 2. The average Bonchev–Trinajstić information content (AvgIpc) is 2.54. The van der Waals surface area contributed by atoms with Gasteiger partial charge in [0.2, 0.25) is 0 Å². The van der Waals surface area contributed by atoms with Crippen LogP contribution in [0.25, 0.3) is 32.8 Å². The van der Waals surface area contributed by atoms with Gasteiger partial charge in [0.05, 0.1) is 5.52 Å². The van der Waals surface area contributed by atoms with E-state index in [0.717, 1.165) is 27.4 Å². The van der Waals surface area contributed by atoms with Gasteiger partial charge in [-0.1, -0.05) is 42.5 Å². The predicted molar refractivity (Wildman–Crippen MR) is 82.5 cm³/mol. The van der Waals surface area contributed by atoms with E-state index in [1.807, 2.05) is 30.7 Å². The SMILES string of the molecule is c1cnc2cc(-c3cncc4ccccc34)ccc2c1. The Morgan fingerprint density at radius 2 is 1.65 bits per heavy atom. The van der Waals surface area contributed by atoms with Gasteiger partial charge in [0.1, 0.15) is 0 Å². The first kappa shape index (κ1) is 11.1. The van der Waals surface area contributed by atoms with Crippen molar-refractivity contribution in [3.8, 4) is 11.1 Å². The maximum atomic E-state index is 4.43. The molecule has 0 aliphatic heterocycles. The van der Waals surface area contributed by atoms with Crippen LogP contribution in [0.15, 0.2) is 73.2 Å². The summed E-state index contributed by atoms with van der Waals surface area (Å²) < 4.78 is 0. The van der Waals surface area contributed by atoms with Crippen molar-refractivity contribution in [3.05, 3.63) is 73.2 Å². The van der Waals surface area contributed by atoms with Gasteiger partial charge in [-0.05, 0) is 23.1 Å². The van der Waals surface area contributed by atoms with Crippen molar-refractivity contribution in [2.75, 3.05) is 0 Å². The Kier molecular flexibility index (Phi) is 2.46. The first-order valence-electron chi connectivity index (χ1n) is 6.60. The quantitative estimate of drug-likeness (QED) is 0.503. The van der Waals surface area contributed by atoms with E-state index in [-0.39, 0.29) is 0 Å². The highest BCUT2D eigenvalue weighted by atomic mass is 14.6. The summed E-state index contributed by atoms with van der Waals surface area (Å²) in [7, 11) is 0. The van der Waals surface area contributed by atoms with Crippen molar-refractivity contribution in [3.63, 3.8) is 0 Å². The number of rotatable bonds is 1. The van der Waals surface area contributed by atoms with Crippen LogP contribution < -0.4 is 0 Å². The van der Waals surface area contributed by atoms with E-state index in [1.54, 1.807) is 0 Å². The summed E-state index contributed by atoms with van der Waals surface area (Å²) >= 11 is 0. The van der Waals surface area contributed by atoms with Crippen LogP contribution in [-0.4, -0.2) is 9.97 Å². The second-order valence-corrected chi connectivity index (χ2v) is 4.82. The molecule has 2 aromatic carbocycles. The van der Waals surface area contributed by atoms with Gasteiger partial charge >= 0.3 is 0 Å². The topological polar surface area (TPSA) is 25.8 Å². The maximum absolute atomic E-state index is 4.43. The van der Waals surface area contributed by atoms with Gasteiger partial charge in [0, 0.05) is 34.9 Å². The highest BCUT2D eigenvalue weighted by Crippen LogP contribution is 2.29. The smallest absolute Gasteiger partial charge is 0.0708 e. The fourth-order valence-corrected chi connectivity index (χ4v) is 2.58. The molecule has 4 aromatic rings. The minimum absolute atomic E-state index is 1.01. The van der Waals surface area contributed by atoms with Gasteiger partial charge in [-0.25, -0.2) is 0 Å². The molecule has 2 aromatic heterocycles. The summed E-state index contributed by atoms with van der Waals surface area (Å²) in [5, 5.41) is 3.54. The lowest BCUT2D eigenvalue weighted by Gasteiger charge is -2.07. The number of nitrogens with zero attached hydrogens (tertiary/aromatic N) is 2. The van der Waals surface area contributed by atoms with Gasteiger partial charge in [0.15, 0.2) is 0 Å². The molecule has 0 saturated carbocycles. The molecule has 0 spiro atoms. The normalized spacial score (nSPS) is 11.0. The zero-order valence-electron chi connectivity index (χ0n) is 10.8. The van der Waals surface area contributed by atoms with E-state index in [0.29, 0.717) is 0 Å². The van der Waals surface area contributed by atoms with Crippen molar-refractivity contribution in [2.45, 2.75) is 0 Å². The van der Waals surface area contributed by atoms with Crippen LogP contribution in [0, 0.1) is 0 Å². The van der Waals surface area contributed by atoms with E-state index in [2.05, 4.69) is 52.4 Å². The number of pyridine rings is 2. The Labute approximate surface area is 116 Å². The van der Waals surface area contributed by atoms with Crippen molar-refractivity contribution >= 4 is 21.7 Å². The number of aromatic nitrogens is 2. The monoisotopic (exact) mass is 256 g/mol. The summed E-state index contributed by atoms with van der Waals surface area (Å²) in [6, 6.07) is 18.7. The molecule has 4 rings (SSSR count). The molecule has 0 saturated heterocycles. The van der Waals surface area contributed by atoms with Crippen LogP contribution in [0.2, 0.25) is 0 Å². The third-order valence-electron chi connectivity index (χ3n) is 3.59. The van der Waals surface area contributed by atoms with Gasteiger partial charge < -0.3 is 0 Å². The molecule has 0 unspecified atom stereocenters. The Morgan fingerprint density at radius 1 is 0.750 bits per heavy atom. The zero-order valence-corrected chi connectivity index (χ0v) is 10.8. The molecule has 0 N–H and O–H groups in total. The van der Waals surface area contributed by atoms with Crippen molar-refractivity contribution in [1.82, 2.24) is 9.97 Å². The van der Waals surface area contributed by atoms with Crippen LogP contribution in [0.4, 0.5) is 0 Å². The largest absolute Gasteiger partial charge is 0.263 e. The fourth-order valence-electron chi connectivity index (χ4n) is 2.58. The third kappa shape index (κ3) is 1.74. The van der Waals surface area contributed by atoms with Crippen LogP contribution in [0.3, 0.4) is 0 Å². The van der Waals surface area contributed by atoms with Crippen molar-refractivity contribution in [1.29, 1.82) is 0 Å². The highest BCUT2D eigenvalue weighted by Gasteiger charge is 2.05. The Morgan fingerprint density at radius 3 is 2.65 bits per heavy atom. The molecular weight excluding hydrogens is 244 g/mol. The molecule has 2 heterocycles. The highest BCUT2D eigenvalue weighted by molar-refractivity contribution is 5.97. The molecule has 0 bridgehead atoms. The number of hydrogen-bond donors (Lipinski definition) is 0. The summed E-state index contributed by atoms with van der Waals surface area (Å²) in [5.41, 5.74) is 3.31. The third-order valence-corrected chi connectivity index (χ3v) is 3.59. The van der Waals surface area contributed by atoms with Gasteiger partial charge in [0.25, 0.3) is 0 Å². The van der Waals surface area contributed by atoms with Gasteiger partial charge in [-0.3, -0.25) is 9.97 Å². The summed E-state index contributed by atoms with van der Waals surface area (Å²) in [4.78, 5) is 8.78. The maximum Gasteiger partial charge on any atom is 0.0708 e. The summed E-state index contributed by atoms with van der Waals surface area (Å²) in [5.74, 6) is 0. The molecule has 0 atom stereocenters. The molecule has 0 fully saturated rings. The minimum Gasteiger partial charge on any atom is -0.263 e. The molecule has 0 aliphatic carbocycles. The lowest BCUT2D eigenvalue weighted by atomic mass is 10.00. The van der Waals surface area contributed by atoms with Gasteiger partial charge in [-0.2, -0.15) is 0 Å². The van der Waals surface area contributed by atoms with Crippen molar-refractivity contribution < 1.29 is 0 Å². The molecule has 0 amide bonds. The van der Waals surface area contributed by atoms with E-state index in [9.17, 15) is 0 Å². The van der Waals surface area contributed by atoms with Gasteiger partial charge in [-0.15, -0.1) is 0 Å². The summed E-state index contributed by atoms with van der Waals surface area (Å²) in [6.45, 7) is 0. The molecule has 2 heteroatoms. The molecule has 94 valence electrons. The number of hydrogen-bond acceptors (Lipinski definition) is 2. The second-order valence-electron chi connectivity index (χ2n) is 4.82. The zero-order chi connectivity index (χ0) is 13.4. The standard InChI is InChI=1S/C18H12N2/c1-2-6-16-15(4-1)11-19-12-17(16)14-8-7-13-5-3-9-20-18(13)10-14/h1-12H. The van der Waals surface area contributed by atoms with Crippen LogP contribution in [-0.2, 0) is 0 Å². The van der Waals surface area contributed by atoms with E-state index < -0.39 is 0 Å².